The molecule has 1 saturated carbocycles. The number of carbonyl (C=O) groups is 1. The molecule has 2 atom stereocenters. The normalized spacial score (nSPS) is 19.9. The highest BCUT2D eigenvalue weighted by atomic mass is 79.9. The molecule has 1 aliphatic rings. The Morgan fingerprint density at radius 2 is 2.14 bits per heavy atom. The van der Waals surface area contributed by atoms with Crippen molar-refractivity contribution in [1.29, 1.82) is 0 Å². The standard InChI is InChI=1S/C17H20BrN3O/c18-14-5-3-13(4-6-14)15-11-16(15)17(22)20-7-1-2-9-21-10-8-19-12-21/h3-6,8,10,12,15-16H,1-2,7,9,11H2,(H,20,22). The second-order valence-corrected chi connectivity index (χ2v) is 6.71. The van der Waals surface area contributed by atoms with Gasteiger partial charge in [-0.3, -0.25) is 4.79 Å². The van der Waals surface area contributed by atoms with Gasteiger partial charge in [-0.05, 0) is 42.9 Å². The average molecular weight is 362 g/mol. The number of hydrogen-bond acceptors (Lipinski definition) is 2. The number of benzene rings is 1. The van der Waals surface area contributed by atoms with Gasteiger partial charge < -0.3 is 9.88 Å². The predicted molar refractivity (Wildman–Crippen MR) is 89.5 cm³/mol. The van der Waals surface area contributed by atoms with Crippen molar-refractivity contribution in [3.05, 3.63) is 53.0 Å². The number of rotatable bonds is 7. The van der Waals surface area contributed by atoms with Gasteiger partial charge in [-0.15, -0.1) is 0 Å². The van der Waals surface area contributed by atoms with Crippen LogP contribution in [0.4, 0.5) is 0 Å². The Morgan fingerprint density at radius 1 is 1.32 bits per heavy atom. The fourth-order valence-corrected chi connectivity index (χ4v) is 3.01. The van der Waals surface area contributed by atoms with Crippen LogP contribution in [0.1, 0.15) is 30.7 Å². The third-order valence-corrected chi connectivity index (χ3v) is 4.66. The Hall–Kier alpha value is -1.62. The summed E-state index contributed by atoms with van der Waals surface area (Å²) >= 11 is 3.44. The van der Waals surface area contributed by atoms with Gasteiger partial charge in [-0.25, -0.2) is 4.98 Å². The minimum absolute atomic E-state index is 0.162. The van der Waals surface area contributed by atoms with Crippen molar-refractivity contribution in [3.8, 4) is 0 Å². The quantitative estimate of drug-likeness (QED) is 0.768. The number of nitrogens with one attached hydrogen (secondary N) is 1. The Kier molecular flexibility index (Phi) is 4.93. The van der Waals surface area contributed by atoms with Gasteiger partial charge in [0.2, 0.25) is 5.91 Å². The lowest BCUT2D eigenvalue weighted by Crippen LogP contribution is -2.26. The lowest BCUT2D eigenvalue weighted by Gasteiger charge is -2.06. The highest BCUT2D eigenvalue weighted by Crippen LogP contribution is 2.47. The molecule has 0 bridgehead atoms. The van der Waals surface area contributed by atoms with E-state index in [1.165, 1.54) is 5.56 Å². The first-order valence-electron chi connectivity index (χ1n) is 7.73. The second-order valence-electron chi connectivity index (χ2n) is 5.80. The minimum Gasteiger partial charge on any atom is -0.356 e. The van der Waals surface area contributed by atoms with Crippen LogP contribution in [-0.2, 0) is 11.3 Å². The number of aromatic nitrogens is 2. The fourth-order valence-electron chi connectivity index (χ4n) is 2.74. The van der Waals surface area contributed by atoms with Gasteiger partial charge in [0.25, 0.3) is 0 Å². The predicted octanol–water partition coefficient (Wildman–Crippen LogP) is 3.35. The minimum atomic E-state index is 0.162. The molecule has 0 saturated heterocycles. The van der Waals surface area contributed by atoms with Crippen LogP contribution in [0.3, 0.4) is 0 Å². The molecule has 4 nitrogen and oxygen atoms in total. The summed E-state index contributed by atoms with van der Waals surface area (Å²) in [4.78, 5) is 16.1. The van der Waals surface area contributed by atoms with Crippen LogP contribution in [0, 0.1) is 5.92 Å². The maximum absolute atomic E-state index is 12.1. The van der Waals surface area contributed by atoms with Gasteiger partial charge in [0.15, 0.2) is 0 Å². The maximum Gasteiger partial charge on any atom is 0.223 e. The number of halogens is 1. The highest BCUT2D eigenvalue weighted by molar-refractivity contribution is 9.10. The third-order valence-electron chi connectivity index (χ3n) is 4.13. The van der Waals surface area contributed by atoms with E-state index < -0.39 is 0 Å². The zero-order valence-corrected chi connectivity index (χ0v) is 14.0. The first kappa shape index (κ1) is 15.3. The molecular weight excluding hydrogens is 342 g/mol. The molecule has 2 aromatic rings. The SMILES string of the molecule is O=C(NCCCCn1ccnc1)C1CC1c1ccc(Br)cc1. The van der Waals surface area contributed by atoms with Crippen molar-refractivity contribution in [1.82, 2.24) is 14.9 Å². The molecule has 1 N–H and O–H groups in total. The van der Waals surface area contributed by atoms with E-state index in [0.29, 0.717) is 5.92 Å². The highest BCUT2D eigenvalue weighted by Gasteiger charge is 2.43. The number of amides is 1. The molecule has 116 valence electrons. The maximum atomic E-state index is 12.1. The van der Waals surface area contributed by atoms with Crippen molar-refractivity contribution < 1.29 is 4.79 Å². The molecule has 22 heavy (non-hydrogen) atoms. The lowest BCUT2D eigenvalue weighted by atomic mass is 10.1. The first-order valence-corrected chi connectivity index (χ1v) is 8.52. The van der Waals surface area contributed by atoms with Crippen LogP contribution in [0.25, 0.3) is 0 Å². The van der Waals surface area contributed by atoms with E-state index in [9.17, 15) is 4.79 Å². The molecule has 5 heteroatoms. The van der Waals surface area contributed by atoms with Crippen LogP contribution >= 0.6 is 15.9 Å². The number of nitrogens with zero attached hydrogens (tertiary/aromatic N) is 2. The molecule has 0 spiro atoms. The van der Waals surface area contributed by atoms with Gasteiger partial charge in [0.1, 0.15) is 0 Å². The molecule has 1 aromatic carbocycles. The number of aryl methyl sites for hydroxylation is 1. The second kappa shape index (κ2) is 7.09. The van der Waals surface area contributed by atoms with Gasteiger partial charge >= 0.3 is 0 Å². The molecule has 3 rings (SSSR count). The summed E-state index contributed by atoms with van der Waals surface area (Å²) in [5.74, 6) is 0.768. The topological polar surface area (TPSA) is 46.9 Å². The summed E-state index contributed by atoms with van der Waals surface area (Å²) in [6.07, 6.45) is 8.61. The molecule has 2 unspecified atom stereocenters. The first-order chi connectivity index (χ1) is 10.7. The van der Waals surface area contributed by atoms with E-state index in [1.807, 2.05) is 24.7 Å². The molecule has 1 aliphatic carbocycles. The largest absolute Gasteiger partial charge is 0.356 e. The van der Waals surface area contributed by atoms with Crippen LogP contribution in [-0.4, -0.2) is 22.0 Å². The fraction of sp³-hybridized carbons (Fsp3) is 0.412. The molecular formula is C17H20BrN3O. The van der Waals surface area contributed by atoms with E-state index in [0.717, 1.165) is 36.8 Å². The van der Waals surface area contributed by atoms with Gasteiger partial charge in [-0.2, -0.15) is 0 Å². The Balaban J connectivity index is 1.34. The van der Waals surface area contributed by atoms with Crippen molar-refractivity contribution >= 4 is 21.8 Å². The summed E-state index contributed by atoms with van der Waals surface area (Å²) in [5.41, 5.74) is 1.27. The summed E-state index contributed by atoms with van der Waals surface area (Å²) in [6.45, 7) is 1.72. The van der Waals surface area contributed by atoms with Crippen molar-refractivity contribution in [2.45, 2.75) is 31.7 Å². The van der Waals surface area contributed by atoms with E-state index in [2.05, 4.69) is 42.9 Å². The van der Waals surface area contributed by atoms with E-state index in [4.69, 9.17) is 0 Å². The van der Waals surface area contributed by atoms with E-state index in [1.54, 1.807) is 6.20 Å². The Morgan fingerprint density at radius 3 is 2.86 bits per heavy atom. The summed E-state index contributed by atoms with van der Waals surface area (Å²) in [6, 6.07) is 8.29. The van der Waals surface area contributed by atoms with Gasteiger partial charge in [0, 0.05) is 35.9 Å². The molecule has 0 aliphatic heterocycles. The zero-order chi connectivity index (χ0) is 15.4. The number of unbranched alkanes of at least 4 members (excludes halogenated alkanes) is 1. The van der Waals surface area contributed by atoms with Crippen molar-refractivity contribution in [2.24, 2.45) is 5.92 Å². The van der Waals surface area contributed by atoms with Crippen LogP contribution in [0.15, 0.2) is 47.5 Å². The lowest BCUT2D eigenvalue weighted by molar-refractivity contribution is -0.122. The van der Waals surface area contributed by atoms with Crippen LogP contribution in [0.5, 0.6) is 0 Å². The average Bonchev–Trinajstić information content (AvgIpc) is 3.15. The third kappa shape index (κ3) is 3.97. The van der Waals surface area contributed by atoms with Crippen molar-refractivity contribution in [3.63, 3.8) is 0 Å². The molecule has 1 amide bonds. The number of carbonyl (C=O) groups excluding carboxylic acids is 1. The Bertz CT molecular complexity index is 609. The van der Waals surface area contributed by atoms with Gasteiger partial charge in [0.05, 0.1) is 6.33 Å². The monoisotopic (exact) mass is 361 g/mol. The van der Waals surface area contributed by atoms with E-state index in [-0.39, 0.29) is 11.8 Å². The van der Waals surface area contributed by atoms with Crippen LogP contribution in [0.2, 0.25) is 0 Å². The zero-order valence-electron chi connectivity index (χ0n) is 12.4. The molecule has 1 aromatic heterocycles. The number of hydrogen-bond donors (Lipinski definition) is 1. The molecule has 1 heterocycles. The number of imidazole rings is 1. The van der Waals surface area contributed by atoms with E-state index >= 15 is 0 Å². The molecule has 0 radical (unpaired) electrons. The Labute approximate surface area is 139 Å². The summed E-state index contributed by atoms with van der Waals surface area (Å²) in [7, 11) is 0. The summed E-state index contributed by atoms with van der Waals surface area (Å²) < 4.78 is 3.14. The van der Waals surface area contributed by atoms with Gasteiger partial charge in [-0.1, -0.05) is 28.1 Å². The van der Waals surface area contributed by atoms with Crippen LogP contribution < -0.4 is 5.32 Å². The smallest absolute Gasteiger partial charge is 0.223 e. The summed E-state index contributed by atoms with van der Waals surface area (Å²) in [5, 5.41) is 3.06. The van der Waals surface area contributed by atoms with Crippen molar-refractivity contribution in [2.75, 3.05) is 6.54 Å². The molecule has 1 fully saturated rings.